The molecule has 0 radical (unpaired) electrons. The first-order valence-corrected chi connectivity index (χ1v) is 8.71. The monoisotopic (exact) mass is 343 g/mol. The van der Waals surface area contributed by atoms with Crippen LogP contribution in [0.2, 0.25) is 5.02 Å². The van der Waals surface area contributed by atoms with Gasteiger partial charge in [0.25, 0.3) is 0 Å². The summed E-state index contributed by atoms with van der Waals surface area (Å²) in [5.74, 6) is -0.989. The summed E-state index contributed by atoms with van der Waals surface area (Å²) in [5.41, 5.74) is 3.55. The molecule has 1 N–H and O–H groups in total. The third kappa shape index (κ3) is 3.80. The van der Waals surface area contributed by atoms with Crippen molar-refractivity contribution in [1.29, 1.82) is 0 Å². The van der Waals surface area contributed by atoms with Gasteiger partial charge in [0.05, 0.1) is 12.0 Å². The van der Waals surface area contributed by atoms with Crippen molar-refractivity contribution in [1.82, 2.24) is 4.90 Å². The van der Waals surface area contributed by atoms with Crippen LogP contribution in [0.3, 0.4) is 0 Å². The summed E-state index contributed by atoms with van der Waals surface area (Å²) in [5, 5.41) is 10.1. The highest BCUT2D eigenvalue weighted by atomic mass is 35.5. The quantitative estimate of drug-likeness (QED) is 0.886. The molecule has 1 saturated heterocycles. The van der Waals surface area contributed by atoms with Gasteiger partial charge >= 0.3 is 5.97 Å². The molecule has 3 rings (SSSR count). The largest absolute Gasteiger partial charge is 0.481 e. The van der Waals surface area contributed by atoms with Crippen LogP contribution in [0.1, 0.15) is 35.6 Å². The molecule has 2 aromatic rings. The number of likely N-dealkylation sites (tertiary alicyclic amines) is 1. The molecule has 2 atom stereocenters. The lowest BCUT2D eigenvalue weighted by Crippen LogP contribution is -2.41. The summed E-state index contributed by atoms with van der Waals surface area (Å²) < 4.78 is 0. The second-order valence-electron chi connectivity index (χ2n) is 6.54. The van der Waals surface area contributed by atoms with Gasteiger partial charge in [-0.15, -0.1) is 0 Å². The van der Waals surface area contributed by atoms with Gasteiger partial charge in [-0.3, -0.25) is 9.69 Å². The number of benzene rings is 2. The molecule has 0 aromatic heterocycles. The molecule has 0 saturated carbocycles. The molecule has 1 aliphatic heterocycles. The summed E-state index contributed by atoms with van der Waals surface area (Å²) >= 11 is 6.05. The van der Waals surface area contributed by atoms with E-state index in [-0.39, 0.29) is 12.0 Å². The van der Waals surface area contributed by atoms with E-state index in [0.717, 1.165) is 24.9 Å². The molecule has 3 nitrogen and oxygen atoms in total. The Kier molecular flexibility index (Phi) is 5.22. The van der Waals surface area contributed by atoms with E-state index >= 15 is 0 Å². The van der Waals surface area contributed by atoms with Gasteiger partial charge in [0.1, 0.15) is 0 Å². The number of halogens is 1. The molecule has 2 aromatic carbocycles. The lowest BCUT2D eigenvalue weighted by molar-refractivity contribution is -0.143. The molecule has 0 spiro atoms. The number of carboxylic acid groups (broad SMARTS) is 1. The van der Waals surface area contributed by atoms with E-state index in [1.165, 1.54) is 11.1 Å². The maximum absolute atomic E-state index is 11.5. The van der Waals surface area contributed by atoms with Crippen LogP contribution >= 0.6 is 11.6 Å². The molecule has 0 bridgehead atoms. The lowest BCUT2D eigenvalue weighted by Gasteiger charge is -2.37. The van der Waals surface area contributed by atoms with Crippen LogP contribution in [0.4, 0.5) is 0 Å². The van der Waals surface area contributed by atoms with E-state index < -0.39 is 5.97 Å². The van der Waals surface area contributed by atoms with Crippen molar-refractivity contribution >= 4 is 17.6 Å². The first kappa shape index (κ1) is 17.0. The fraction of sp³-hybridized carbons (Fsp3) is 0.350. The van der Waals surface area contributed by atoms with Gasteiger partial charge in [0, 0.05) is 11.6 Å². The minimum atomic E-state index is -0.696. The molecule has 2 unspecified atom stereocenters. The maximum atomic E-state index is 11.5. The van der Waals surface area contributed by atoms with E-state index in [1.807, 2.05) is 24.3 Å². The number of rotatable bonds is 4. The zero-order valence-corrected chi connectivity index (χ0v) is 14.5. The minimum Gasteiger partial charge on any atom is -0.481 e. The Hall–Kier alpha value is -1.84. The Morgan fingerprint density at radius 1 is 1.21 bits per heavy atom. The van der Waals surface area contributed by atoms with Gasteiger partial charge in [0.15, 0.2) is 0 Å². The molecule has 0 aliphatic carbocycles. The van der Waals surface area contributed by atoms with Gasteiger partial charge in [-0.1, -0.05) is 53.6 Å². The molecule has 0 amide bonds. The van der Waals surface area contributed by atoms with E-state index in [1.54, 1.807) is 0 Å². The lowest BCUT2D eigenvalue weighted by atomic mass is 9.91. The van der Waals surface area contributed by atoms with Crippen LogP contribution in [0.5, 0.6) is 0 Å². The van der Waals surface area contributed by atoms with Crippen molar-refractivity contribution in [2.24, 2.45) is 5.92 Å². The number of piperidine rings is 1. The van der Waals surface area contributed by atoms with E-state index in [9.17, 15) is 9.90 Å². The number of aliphatic carboxylic acids is 1. The van der Waals surface area contributed by atoms with Crippen molar-refractivity contribution in [3.05, 3.63) is 70.2 Å². The predicted molar refractivity (Wildman–Crippen MR) is 96.4 cm³/mol. The second-order valence-corrected chi connectivity index (χ2v) is 6.98. The van der Waals surface area contributed by atoms with Crippen molar-refractivity contribution in [2.45, 2.75) is 25.8 Å². The van der Waals surface area contributed by atoms with Crippen molar-refractivity contribution < 1.29 is 9.90 Å². The predicted octanol–water partition coefficient (Wildman–Crippen LogP) is 4.53. The van der Waals surface area contributed by atoms with Crippen LogP contribution in [0, 0.1) is 12.8 Å². The number of hydrogen-bond donors (Lipinski definition) is 1. The molecular weight excluding hydrogens is 322 g/mol. The third-order valence-corrected chi connectivity index (χ3v) is 4.96. The van der Waals surface area contributed by atoms with Crippen LogP contribution in [0.15, 0.2) is 48.5 Å². The van der Waals surface area contributed by atoms with Crippen LogP contribution in [-0.4, -0.2) is 29.1 Å². The number of carboxylic acids is 1. The number of hydrogen-bond acceptors (Lipinski definition) is 2. The zero-order valence-electron chi connectivity index (χ0n) is 13.8. The molecule has 4 heteroatoms. The van der Waals surface area contributed by atoms with Gasteiger partial charge in [-0.2, -0.15) is 0 Å². The standard InChI is InChI=1S/C20H22ClNO2/c1-14-4-2-5-16(12-14)19(15-7-9-18(21)10-8-15)22-11-3-6-17(13-22)20(23)24/h2,4-5,7-10,12,17,19H,3,6,11,13H2,1H3,(H,23,24). The Balaban J connectivity index is 1.98. The topological polar surface area (TPSA) is 40.5 Å². The molecule has 1 aliphatic rings. The van der Waals surface area contributed by atoms with E-state index in [2.05, 4.69) is 36.1 Å². The van der Waals surface area contributed by atoms with Crippen molar-refractivity contribution in [2.75, 3.05) is 13.1 Å². The van der Waals surface area contributed by atoms with Crippen LogP contribution in [-0.2, 0) is 4.79 Å². The smallest absolute Gasteiger partial charge is 0.307 e. The number of nitrogens with zero attached hydrogens (tertiary/aromatic N) is 1. The third-order valence-electron chi connectivity index (χ3n) is 4.71. The summed E-state index contributed by atoms with van der Waals surface area (Å²) in [4.78, 5) is 13.7. The zero-order chi connectivity index (χ0) is 17.1. The highest BCUT2D eigenvalue weighted by Crippen LogP contribution is 2.33. The normalized spacial score (nSPS) is 19.8. The second kappa shape index (κ2) is 7.37. The average Bonchev–Trinajstić information content (AvgIpc) is 2.57. The Bertz CT molecular complexity index is 714. The SMILES string of the molecule is Cc1cccc(C(c2ccc(Cl)cc2)N2CCCC(C(=O)O)C2)c1. The first-order chi connectivity index (χ1) is 11.5. The van der Waals surface area contributed by atoms with Gasteiger partial charge < -0.3 is 5.11 Å². The van der Waals surface area contributed by atoms with Gasteiger partial charge in [-0.25, -0.2) is 0 Å². The van der Waals surface area contributed by atoms with Crippen LogP contribution in [0.25, 0.3) is 0 Å². The maximum Gasteiger partial charge on any atom is 0.307 e. The van der Waals surface area contributed by atoms with Crippen molar-refractivity contribution in [3.63, 3.8) is 0 Å². The Labute approximate surface area is 147 Å². The summed E-state index contributed by atoms with van der Waals surface area (Å²) in [7, 11) is 0. The van der Waals surface area contributed by atoms with E-state index in [0.29, 0.717) is 11.6 Å². The average molecular weight is 344 g/mol. The molecule has 1 fully saturated rings. The fourth-order valence-electron chi connectivity index (χ4n) is 3.54. The Morgan fingerprint density at radius 2 is 1.96 bits per heavy atom. The molecule has 126 valence electrons. The summed E-state index contributed by atoms with van der Waals surface area (Å²) in [6.45, 7) is 3.57. The summed E-state index contributed by atoms with van der Waals surface area (Å²) in [6, 6.07) is 16.4. The molecule has 24 heavy (non-hydrogen) atoms. The number of carbonyl (C=O) groups is 1. The van der Waals surface area contributed by atoms with E-state index in [4.69, 9.17) is 11.6 Å². The molecular formula is C20H22ClNO2. The van der Waals surface area contributed by atoms with Crippen molar-refractivity contribution in [3.8, 4) is 0 Å². The highest BCUT2D eigenvalue weighted by Gasteiger charge is 2.31. The highest BCUT2D eigenvalue weighted by molar-refractivity contribution is 6.30. The fourth-order valence-corrected chi connectivity index (χ4v) is 3.67. The molecule has 1 heterocycles. The van der Waals surface area contributed by atoms with Crippen LogP contribution < -0.4 is 0 Å². The Morgan fingerprint density at radius 3 is 2.62 bits per heavy atom. The van der Waals surface area contributed by atoms with Gasteiger partial charge in [0.2, 0.25) is 0 Å². The minimum absolute atomic E-state index is 0.0596. The van der Waals surface area contributed by atoms with Gasteiger partial charge in [-0.05, 0) is 49.6 Å². The first-order valence-electron chi connectivity index (χ1n) is 8.33. The summed E-state index contributed by atoms with van der Waals surface area (Å²) in [6.07, 6.45) is 1.67. The number of aryl methyl sites for hydroxylation is 1.